The Morgan fingerprint density at radius 2 is 2.10 bits per heavy atom. The van der Waals surface area contributed by atoms with Crippen LogP contribution >= 0.6 is 22.7 Å². The van der Waals surface area contributed by atoms with E-state index in [9.17, 15) is 18.0 Å². The molecule has 30 heavy (non-hydrogen) atoms. The van der Waals surface area contributed by atoms with Gasteiger partial charge in [0.05, 0.1) is 12.2 Å². The molecule has 0 bridgehead atoms. The first-order valence-electron chi connectivity index (χ1n) is 10.1. The van der Waals surface area contributed by atoms with Gasteiger partial charge in [-0.15, -0.1) is 22.7 Å². The number of piperidine rings is 1. The Morgan fingerprint density at radius 1 is 1.27 bits per heavy atom. The number of fused-ring (bicyclic) bond motifs is 1. The molecule has 1 aliphatic carbocycles. The Bertz CT molecular complexity index is 1040. The normalized spacial score (nSPS) is 19.4. The van der Waals surface area contributed by atoms with Gasteiger partial charge in [-0.2, -0.15) is 4.31 Å². The summed E-state index contributed by atoms with van der Waals surface area (Å²) in [5.74, 6) is -0.820. The average molecular weight is 469 g/mol. The summed E-state index contributed by atoms with van der Waals surface area (Å²) in [5.41, 5.74) is 1.40. The largest absolute Gasteiger partial charge is 0.462 e. The number of aryl methyl sites for hydroxylation is 1. The second-order valence-electron chi connectivity index (χ2n) is 7.33. The molecule has 1 aliphatic heterocycles. The zero-order valence-corrected chi connectivity index (χ0v) is 19.1. The standard InChI is InChI=1S/C20H24N2O5S3/c1-2-27-20(24)17-13-7-5-9-15(13)29-19(17)21-18(23)14-8-3-4-11-22(14)30(25,26)16-10-6-12-28-16/h6,10,12,14H,2-5,7-9,11H2,1H3,(H,21,23). The van der Waals surface area contributed by atoms with E-state index in [-0.39, 0.29) is 16.7 Å². The van der Waals surface area contributed by atoms with Crippen LogP contribution in [0.25, 0.3) is 0 Å². The van der Waals surface area contributed by atoms with Crippen LogP contribution in [0.3, 0.4) is 0 Å². The highest BCUT2D eigenvalue weighted by molar-refractivity contribution is 7.91. The number of nitrogens with one attached hydrogen (secondary N) is 1. The predicted molar refractivity (Wildman–Crippen MR) is 117 cm³/mol. The van der Waals surface area contributed by atoms with Gasteiger partial charge < -0.3 is 10.1 Å². The molecule has 3 heterocycles. The fourth-order valence-electron chi connectivity index (χ4n) is 4.09. The molecule has 2 aliphatic rings. The van der Waals surface area contributed by atoms with Gasteiger partial charge in [0.1, 0.15) is 15.3 Å². The number of anilines is 1. The highest BCUT2D eigenvalue weighted by Crippen LogP contribution is 2.40. The van der Waals surface area contributed by atoms with Crippen molar-refractivity contribution in [2.45, 2.75) is 55.7 Å². The summed E-state index contributed by atoms with van der Waals surface area (Å²) in [6.07, 6.45) is 4.60. The van der Waals surface area contributed by atoms with Crippen LogP contribution in [0.1, 0.15) is 53.4 Å². The average Bonchev–Trinajstić information content (AvgIpc) is 3.46. The predicted octanol–water partition coefficient (Wildman–Crippen LogP) is 3.66. The number of hydrogen-bond donors (Lipinski definition) is 1. The quantitative estimate of drug-likeness (QED) is 0.653. The van der Waals surface area contributed by atoms with E-state index in [1.807, 2.05) is 0 Å². The number of amides is 1. The fraction of sp³-hybridized carbons (Fsp3) is 0.500. The van der Waals surface area contributed by atoms with Crippen molar-refractivity contribution in [3.8, 4) is 0 Å². The van der Waals surface area contributed by atoms with Gasteiger partial charge in [0.25, 0.3) is 10.0 Å². The molecule has 0 radical (unpaired) electrons. The van der Waals surface area contributed by atoms with Gasteiger partial charge in [-0.05, 0) is 56.0 Å². The van der Waals surface area contributed by atoms with Crippen molar-refractivity contribution in [2.24, 2.45) is 0 Å². The number of ether oxygens (including phenoxy) is 1. The van der Waals surface area contributed by atoms with Crippen LogP contribution < -0.4 is 5.32 Å². The lowest BCUT2D eigenvalue weighted by Gasteiger charge is -2.33. The number of rotatable bonds is 6. The molecule has 4 rings (SSSR count). The Kier molecular flexibility index (Phi) is 6.29. The maximum absolute atomic E-state index is 13.2. The van der Waals surface area contributed by atoms with Crippen molar-refractivity contribution < 1.29 is 22.7 Å². The number of carbonyl (C=O) groups excluding carboxylic acids is 2. The fourth-order valence-corrected chi connectivity index (χ4v) is 8.14. The van der Waals surface area contributed by atoms with E-state index in [1.54, 1.807) is 24.4 Å². The van der Waals surface area contributed by atoms with Gasteiger partial charge in [0.2, 0.25) is 5.91 Å². The van der Waals surface area contributed by atoms with E-state index in [4.69, 9.17) is 4.74 Å². The zero-order valence-electron chi connectivity index (χ0n) is 16.7. The number of esters is 1. The molecule has 162 valence electrons. The number of nitrogens with zero attached hydrogens (tertiary/aromatic N) is 1. The van der Waals surface area contributed by atoms with Crippen molar-refractivity contribution >= 4 is 49.6 Å². The zero-order chi connectivity index (χ0) is 21.3. The summed E-state index contributed by atoms with van der Waals surface area (Å²) in [6, 6.07) is 2.46. The first-order chi connectivity index (χ1) is 14.4. The lowest BCUT2D eigenvalue weighted by atomic mass is 10.0. The number of thiophene rings is 2. The van der Waals surface area contributed by atoms with Crippen LogP contribution in [0.4, 0.5) is 5.00 Å². The van der Waals surface area contributed by atoms with Crippen molar-refractivity contribution in [2.75, 3.05) is 18.5 Å². The highest BCUT2D eigenvalue weighted by atomic mass is 32.2. The molecule has 1 amide bonds. The number of carbonyl (C=O) groups is 2. The highest BCUT2D eigenvalue weighted by Gasteiger charge is 2.39. The van der Waals surface area contributed by atoms with E-state index >= 15 is 0 Å². The van der Waals surface area contributed by atoms with Crippen molar-refractivity contribution in [1.82, 2.24) is 4.31 Å². The van der Waals surface area contributed by atoms with E-state index in [0.29, 0.717) is 23.5 Å². The third-order valence-electron chi connectivity index (χ3n) is 5.45. The molecule has 0 saturated carbocycles. The van der Waals surface area contributed by atoms with Crippen LogP contribution in [-0.4, -0.2) is 43.8 Å². The lowest BCUT2D eigenvalue weighted by molar-refractivity contribution is -0.120. The molecule has 0 spiro atoms. The Balaban J connectivity index is 1.61. The van der Waals surface area contributed by atoms with Crippen LogP contribution in [0.15, 0.2) is 21.7 Å². The third-order valence-corrected chi connectivity index (χ3v) is 9.94. The van der Waals surface area contributed by atoms with Crippen LogP contribution in [0.5, 0.6) is 0 Å². The minimum absolute atomic E-state index is 0.240. The van der Waals surface area contributed by atoms with Gasteiger partial charge in [-0.3, -0.25) is 4.79 Å². The van der Waals surface area contributed by atoms with Crippen LogP contribution in [0.2, 0.25) is 0 Å². The molecule has 0 aromatic carbocycles. The van der Waals surface area contributed by atoms with Gasteiger partial charge in [0.15, 0.2) is 0 Å². The third kappa shape index (κ3) is 3.93. The lowest BCUT2D eigenvalue weighted by Crippen LogP contribution is -2.49. The maximum atomic E-state index is 13.2. The second kappa shape index (κ2) is 8.78. The summed E-state index contributed by atoms with van der Waals surface area (Å²) >= 11 is 2.55. The molecular weight excluding hydrogens is 444 g/mol. The molecule has 2 aromatic rings. The number of hydrogen-bond acceptors (Lipinski definition) is 7. The summed E-state index contributed by atoms with van der Waals surface area (Å²) in [5, 5.41) is 5.06. The molecular formula is C20H24N2O5S3. The molecule has 1 unspecified atom stereocenters. The second-order valence-corrected chi connectivity index (χ2v) is 11.5. The summed E-state index contributed by atoms with van der Waals surface area (Å²) in [7, 11) is -3.73. The van der Waals surface area contributed by atoms with Crippen LogP contribution in [-0.2, 0) is 32.4 Å². The van der Waals surface area contributed by atoms with E-state index in [0.717, 1.165) is 53.9 Å². The molecule has 1 atom stereocenters. The van der Waals surface area contributed by atoms with Gasteiger partial charge >= 0.3 is 5.97 Å². The van der Waals surface area contributed by atoms with Gasteiger partial charge in [0, 0.05) is 11.4 Å². The summed E-state index contributed by atoms with van der Waals surface area (Å²) < 4.78 is 32.9. The smallest absolute Gasteiger partial charge is 0.341 e. The van der Waals surface area contributed by atoms with Crippen LogP contribution in [0, 0.1) is 0 Å². The molecule has 10 heteroatoms. The van der Waals surface area contributed by atoms with Crippen molar-refractivity contribution in [3.63, 3.8) is 0 Å². The maximum Gasteiger partial charge on any atom is 0.341 e. The molecule has 1 N–H and O–H groups in total. The summed E-state index contributed by atoms with van der Waals surface area (Å²) in [6.45, 7) is 2.31. The summed E-state index contributed by atoms with van der Waals surface area (Å²) in [4.78, 5) is 26.8. The molecule has 1 fully saturated rings. The SMILES string of the molecule is CCOC(=O)c1c(NC(=O)C2CCCCN2S(=O)(=O)c2cccs2)sc2c1CCC2. The Hall–Kier alpha value is -1.75. The molecule has 2 aromatic heterocycles. The van der Waals surface area contributed by atoms with E-state index in [1.165, 1.54) is 15.6 Å². The monoisotopic (exact) mass is 468 g/mol. The van der Waals surface area contributed by atoms with E-state index in [2.05, 4.69) is 5.32 Å². The van der Waals surface area contributed by atoms with Crippen molar-refractivity contribution in [1.29, 1.82) is 0 Å². The molecule has 7 nitrogen and oxygen atoms in total. The topological polar surface area (TPSA) is 92.8 Å². The minimum Gasteiger partial charge on any atom is -0.462 e. The Labute approximate surface area is 184 Å². The van der Waals surface area contributed by atoms with Gasteiger partial charge in [-0.25, -0.2) is 13.2 Å². The van der Waals surface area contributed by atoms with Gasteiger partial charge in [-0.1, -0.05) is 12.5 Å². The number of sulfonamides is 1. The molecule has 1 saturated heterocycles. The van der Waals surface area contributed by atoms with Crippen molar-refractivity contribution in [3.05, 3.63) is 33.5 Å². The first kappa shape index (κ1) is 21.5. The van der Waals surface area contributed by atoms with E-state index < -0.39 is 22.0 Å². The Morgan fingerprint density at radius 3 is 2.83 bits per heavy atom. The minimum atomic E-state index is -3.73. The first-order valence-corrected chi connectivity index (χ1v) is 13.2.